The number of carbonyl (C=O) groups is 4. The molecule has 0 aromatic carbocycles. The molecule has 0 atom stereocenters. The average Bonchev–Trinajstić information content (AvgIpc) is 1.98. The van der Waals surface area contributed by atoms with Crippen molar-refractivity contribution in [3.63, 3.8) is 0 Å². The number of hydrogen-bond acceptors (Lipinski definition) is 6. The van der Waals surface area contributed by atoms with Gasteiger partial charge in [0, 0.05) is 0 Å². The first-order valence-electron chi connectivity index (χ1n) is 3.82. The Morgan fingerprint density at radius 2 is 1.00 bits per heavy atom. The average molecular weight is 271 g/mol. The van der Waals surface area contributed by atoms with E-state index >= 15 is 0 Å². The first-order chi connectivity index (χ1) is 7.51. The van der Waals surface area contributed by atoms with Crippen molar-refractivity contribution < 1.29 is 49.8 Å². The standard InChI is InChI=1S/C6H8O7.CH2O3.H3N/c7-3(8)1-6(13,5(11)12)2-4(9)10;2-1(3)4;/h13H,1-2H2,(H,7,8)(H,9,10)(H,11,12);(H2,2,3,4);1H3. The van der Waals surface area contributed by atoms with Crippen LogP contribution in [0.3, 0.4) is 0 Å². The van der Waals surface area contributed by atoms with Crippen molar-refractivity contribution in [3.8, 4) is 0 Å². The van der Waals surface area contributed by atoms with Gasteiger partial charge in [-0.25, -0.2) is 9.59 Å². The minimum atomic E-state index is -2.74. The van der Waals surface area contributed by atoms with Gasteiger partial charge in [-0.15, -0.1) is 0 Å². The van der Waals surface area contributed by atoms with Crippen LogP contribution in [-0.4, -0.2) is 60.3 Å². The summed E-state index contributed by atoms with van der Waals surface area (Å²) < 4.78 is 0. The fourth-order valence-electron chi connectivity index (χ4n) is 0.714. The van der Waals surface area contributed by atoms with Crippen LogP contribution in [0.15, 0.2) is 0 Å². The first kappa shape index (κ1) is 20.9. The van der Waals surface area contributed by atoms with Crippen LogP contribution >= 0.6 is 0 Å². The Hall–Kier alpha value is -2.40. The minimum Gasteiger partial charge on any atom is -0.481 e. The van der Waals surface area contributed by atoms with Crippen LogP contribution in [0.5, 0.6) is 0 Å². The van der Waals surface area contributed by atoms with Gasteiger partial charge in [0.25, 0.3) is 0 Å². The van der Waals surface area contributed by atoms with Gasteiger partial charge >= 0.3 is 24.1 Å². The van der Waals surface area contributed by atoms with Crippen molar-refractivity contribution in [3.05, 3.63) is 0 Å². The molecular formula is C7H13NO10. The molecule has 0 spiro atoms. The van der Waals surface area contributed by atoms with Crippen molar-refractivity contribution in [2.75, 3.05) is 0 Å². The lowest BCUT2D eigenvalue weighted by molar-refractivity contribution is -0.170. The highest BCUT2D eigenvalue weighted by Crippen LogP contribution is 2.15. The molecule has 0 heterocycles. The lowest BCUT2D eigenvalue weighted by Gasteiger charge is -2.18. The summed E-state index contributed by atoms with van der Waals surface area (Å²) >= 11 is 0. The summed E-state index contributed by atoms with van der Waals surface area (Å²) in [6.45, 7) is 0. The van der Waals surface area contributed by atoms with Gasteiger partial charge < -0.3 is 36.8 Å². The van der Waals surface area contributed by atoms with Gasteiger partial charge in [-0.3, -0.25) is 9.59 Å². The number of aliphatic hydroxyl groups is 1. The summed E-state index contributed by atoms with van der Waals surface area (Å²) in [4.78, 5) is 39.0. The maximum atomic E-state index is 10.3. The molecule has 0 saturated heterocycles. The van der Waals surface area contributed by atoms with Crippen molar-refractivity contribution >= 4 is 24.1 Å². The van der Waals surface area contributed by atoms with Gasteiger partial charge in [0.15, 0.2) is 5.60 Å². The van der Waals surface area contributed by atoms with Crippen LogP contribution in [-0.2, 0) is 14.4 Å². The number of rotatable bonds is 5. The molecule has 0 aromatic heterocycles. The Morgan fingerprint density at radius 1 is 0.778 bits per heavy atom. The third kappa shape index (κ3) is 11.7. The van der Waals surface area contributed by atoms with E-state index in [9.17, 15) is 14.4 Å². The normalized spacial score (nSPS) is 9.17. The van der Waals surface area contributed by atoms with E-state index in [4.69, 9.17) is 35.4 Å². The van der Waals surface area contributed by atoms with Gasteiger partial charge in [0.05, 0.1) is 12.8 Å². The molecule has 0 aliphatic rings. The molecule has 106 valence electrons. The highest BCUT2D eigenvalue weighted by atomic mass is 16.6. The largest absolute Gasteiger partial charge is 0.503 e. The summed E-state index contributed by atoms with van der Waals surface area (Å²) in [7, 11) is 0. The highest BCUT2D eigenvalue weighted by Gasteiger charge is 2.40. The van der Waals surface area contributed by atoms with Gasteiger partial charge in [-0.1, -0.05) is 0 Å². The quantitative estimate of drug-likeness (QED) is 0.325. The van der Waals surface area contributed by atoms with Crippen LogP contribution in [0.2, 0.25) is 0 Å². The maximum absolute atomic E-state index is 10.3. The van der Waals surface area contributed by atoms with Crippen LogP contribution in [0.25, 0.3) is 0 Å². The van der Waals surface area contributed by atoms with Crippen molar-refractivity contribution in [2.24, 2.45) is 0 Å². The second kappa shape index (κ2) is 8.72. The molecule has 0 unspecified atom stereocenters. The zero-order chi connectivity index (χ0) is 14.2. The molecule has 0 rings (SSSR count). The van der Waals surface area contributed by atoms with E-state index in [1.54, 1.807) is 0 Å². The Morgan fingerprint density at radius 3 is 1.11 bits per heavy atom. The summed E-state index contributed by atoms with van der Waals surface area (Å²) in [6, 6.07) is 0. The molecule has 0 fully saturated rings. The van der Waals surface area contributed by atoms with E-state index in [-0.39, 0.29) is 6.15 Å². The lowest BCUT2D eigenvalue weighted by atomic mass is 9.96. The fourth-order valence-corrected chi connectivity index (χ4v) is 0.714. The van der Waals surface area contributed by atoms with E-state index in [1.807, 2.05) is 0 Å². The van der Waals surface area contributed by atoms with Crippen LogP contribution < -0.4 is 6.15 Å². The van der Waals surface area contributed by atoms with E-state index in [2.05, 4.69) is 0 Å². The number of hydrogen-bond donors (Lipinski definition) is 7. The SMILES string of the molecule is N.O=C(O)CC(O)(CC(=O)O)C(=O)O.O=C(O)O. The Kier molecular flexibility index (Phi) is 10.1. The zero-order valence-electron chi connectivity index (χ0n) is 8.94. The van der Waals surface area contributed by atoms with E-state index in [1.165, 1.54) is 0 Å². The van der Waals surface area contributed by atoms with Crippen molar-refractivity contribution in [1.82, 2.24) is 6.15 Å². The maximum Gasteiger partial charge on any atom is 0.503 e. The van der Waals surface area contributed by atoms with Crippen molar-refractivity contribution in [2.45, 2.75) is 18.4 Å². The van der Waals surface area contributed by atoms with Gasteiger partial charge in [-0.2, -0.15) is 0 Å². The van der Waals surface area contributed by atoms with Crippen molar-refractivity contribution in [1.29, 1.82) is 0 Å². The third-order valence-electron chi connectivity index (χ3n) is 1.29. The predicted molar refractivity (Wildman–Crippen MR) is 52.8 cm³/mol. The van der Waals surface area contributed by atoms with Crippen LogP contribution in [0, 0.1) is 0 Å². The molecule has 0 aromatic rings. The zero-order valence-corrected chi connectivity index (χ0v) is 8.94. The van der Waals surface area contributed by atoms with Gasteiger partial charge in [0.2, 0.25) is 0 Å². The molecule has 0 amide bonds. The Balaban J connectivity index is -0.000000392. The topological polar surface area (TPSA) is 225 Å². The summed E-state index contributed by atoms with van der Waals surface area (Å²) in [6.07, 6.45) is -4.12. The first-order valence-corrected chi connectivity index (χ1v) is 3.82. The molecule has 11 heteroatoms. The molecule has 9 N–H and O–H groups in total. The number of carboxylic acids is 3. The minimum absolute atomic E-state index is 0. The third-order valence-corrected chi connectivity index (χ3v) is 1.29. The van der Waals surface area contributed by atoms with Crippen LogP contribution in [0.4, 0.5) is 4.79 Å². The van der Waals surface area contributed by atoms with E-state index < -0.39 is 42.5 Å². The lowest BCUT2D eigenvalue weighted by Crippen LogP contribution is -2.42. The smallest absolute Gasteiger partial charge is 0.481 e. The molecule has 0 aliphatic heterocycles. The van der Waals surface area contributed by atoms with E-state index in [0.29, 0.717) is 0 Å². The molecule has 0 bridgehead atoms. The molecule has 11 nitrogen and oxygen atoms in total. The van der Waals surface area contributed by atoms with Gasteiger partial charge in [-0.05, 0) is 0 Å². The summed E-state index contributed by atoms with van der Waals surface area (Å²) in [5.74, 6) is -5.02. The Labute approximate surface area is 99.5 Å². The molecule has 0 aliphatic carbocycles. The number of aliphatic carboxylic acids is 3. The number of carboxylic acid groups (broad SMARTS) is 5. The second-order valence-electron chi connectivity index (χ2n) is 2.76. The summed E-state index contributed by atoms with van der Waals surface area (Å²) in [5, 5.41) is 47.8. The molecule has 0 radical (unpaired) electrons. The fraction of sp³-hybridized carbons (Fsp3) is 0.429. The Bertz CT molecular complexity index is 304. The van der Waals surface area contributed by atoms with Gasteiger partial charge in [0.1, 0.15) is 0 Å². The highest BCUT2D eigenvalue weighted by molar-refractivity contribution is 5.88. The molecular weight excluding hydrogens is 258 g/mol. The second-order valence-corrected chi connectivity index (χ2v) is 2.76. The van der Waals surface area contributed by atoms with Crippen LogP contribution in [0.1, 0.15) is 12.8 Å². The van der Waals surface area contributed by atoms with E-state index in [0.717, 1.165) is 0 Å². The monoisotopic (exact) mass is 271 g/mol. The summed E-state index contributed by atoms with van der Waals surface area (Å²) in [5.41, 5.74) is -2.74. The molecule has 0 saturated carbocycles. The molecule has 18 heavy (non-hydrogen) atoms. The predicted octanol–water partition coefficient (Wildman–Crippen LogP) is -0.864.